The number of alkyl halides is 3. The Morgan fingerprint density at radius 1 is 1.28 bits per heavy atom. The summed E-state index contributed by atoms with van der Waals surface area (Å²) in [5, 5.41) is 7.17. The Morgan fingerprint density at radius 3 is 2.36 bits per heavy atom. The molecule has 0 unspecified atom stereocenters. The molecule has 0 amide bonds. The van der Waals surface area contributed by atoms with Crippen molar-refractivity contribution >= 4 is 29.2 Å². The van der Waals surface area contributed by atoms with Gasteiger partial charge in [-0.2, -0.15) is 8.78 Å². The Morgan fingerprint density at radius 2 is 1.88 bits per heavy atom. The molecule has 0 saturated heterocycles. The van der Waals surface area contributed by atoms with Gasteiger partial charge in [0.15, 0.2) is 0 Å². The smallest absolute Gasteiger partial charge is 0.349 e. The lowest BCUT2D eigenvalue weighted by molar-refractivity contribution is 0.0566. The first-order valence-electron chi connectivity index (χ1n) is 7.51. The van der Waals surface area contributed by atoms with Crippen LogP contribution in [0.2, 0.25) is 5.02 Å². The lowest BCUT2D eigenvalue weighted by Gasteiger charge is -2.20. The van der Waals surface area contributed by atoms with Gasteiger partial charge in [-0.1, -0.05) is 37.1 Å². The normalized spacial score (nSPS) is 11.4. The molecule has 0 fully saturated rings. The van der Waals surface area contributed by atoms with Gasteiger partial charge in [0.05, 0.1) is 12.7 Å². The van der Waals surface area contributed by atoms with E-state index in [2.05, 4.69) is 4.74 Å². The lowest BCUT2D eigenvalue weighted by atomic mass is 9.90. The van der Waals surface area contributed by atoms with Crippen molar-refractivity contribution < 1.29 is 23.4 Å². The van der Waals surface area contributed by atoms with E-state index >= 15 is 0 Å². The maximum Gasteiger partial charge on any atom is 0.349 e. The second-order valence-corrected chi connectivity index (χ2v) is 6.33. The van der Waals surface area contributed by atoms with Gasteiger partial charge in [0.25, 0.3) is 0 Å². The highest BCUT2D eigenvalue weighted by Gasteiger charge is 2.37. The zero-order chi connectivity index (χ0) is 18.8. The van der Waals surface area contributed by atoms with E-state index in [1.54, 1.807) is 24.3 Å². The fourth-order valence-electron chi connectivity index (χ4n) is 2.63. The van der Waals surface area contributed by atoms with Crippen molar-refractivity contribution in [3.05, 3.63) is 52.0 Å². The number of methoxy groups -OCH3 is 1. The molecule has 0 saturated carbocycles. The number of carbonyl (C=O) groups is 1. The van der Waals surface area contributed by atoms with Gasteiger partial charge in [-0.25, -0.2) is 4.79 Å². The van der Waals surface area contributed by atoms with Crippen molar-refractivity contribution in [1.29, 1.82) is 0 Å². The highest BCUT2D eigenvalue weighted by atomic mass is 35.5. The molecule has 0 aliphatic carbocycles. The summed E-state index contributed by atoms with van der Waals surface area (Å²) < 4.78 is 32.3. The maximum absolute atomic E-state index is 13.9. The van der Waals surface area contributed by atoms with Gasteiger partial charge in [0.1, 0.15) is 11.3 Å². The fourth-order valence-corrected chi connectivity index (χ4v) is 2.91. The fraction of sp³-hybridized carbons (Fsp3) is 0.278. The molecule has 0 radical (unpaired) electrons. The number of phenols is 1. The minimum atomic E-state index is -3.85. The number of hydrogen-bond acceptors (Lipinski definition) is 3. The molecular weight excluding hydrogens is 373 g/mol. The van der Waals surface area contributed by atoms with Crippen molar-refractivity contribution in [2.45, 2.75) is 25.1 Å². The van der Waals surface area contributed by atoms with Crippen LogP contribution in [0.5, 0.6) is 5.75 Å². The molecule has 2 aromatic rings. The van der Waals surface area contributed by atoms with Gasteiger partial charge in [0.2, 0.25) is 0 Å². The van der Waals surface area contributed by atoms with Crippen molar-refractivity contribution in [3.63, 3.8) is 0 Å². The van der Waals surface area contributed by atoms with E-state index in [0.717, 1.165) is 13.2 Å². The van der Waals surface area contributed by atoms with Gasteiger partial charge >= 0.3 is 11.4 Å². The number of phenolic OH excluding ortho intramolecular Hbond substituents is 1. The van der Waals surface area contributed by atoms with Crippen LogP contribution in [-0.2, 0) is 16.5 Å². The number of carbonyl (C=O) groups excluding carboxylic acids is 1. The van der Waals surface area contributed by atoms with Crippen molar-refractivity contribution in [2.24, 2.45) is 0 Å². The number of aromatic hydroxyl groups is 1. The Labute approximate surface area is 154 Å². The number of halogens is 4. The van der Waals surface area contributed by atoms with Crippen LogP contribution in [0.25, 0.3) is 11.1 Å². The van der Waals surface area contributed by atoms with E-state index in [9.17, 15) is 18.7 Å². The molecule has 1 N–H and O–H groups in total. The van der Waals surface area contributed by atoms with E-state index in [1.807, 2.05) is 6.92 Å². The molecule has 0 atom stereocenters. The molecule has 7 heteroatoms. The summed E-state index contributed by atoms with van der Waals surface area (Å²) in [5.74, 6) is -1.62. The second kappa shape index (κ2) is 7.58. The third-order valence-electron chi connectivity index (χ3n) is 3.76. The first-order chi connectivity index (χ1) is 11.7. The number of esters is 1. The topological polar surface area (TPSA) is 46.5 Å². The minimum absolute atomic E-state index is 0.360. The summed E-state index contributed by atoms with van der Waals surface area (Å²) in [6.45, 7) is 1.87. The van der Waals surface area contributed by atoms with Crippen LogP contribution in [0.1, 0.15) is 34.8 Å². The molecule has 3 nitrogen and oxygen atoms in total. The zero-order valence-corrected chi connectivity index (χ0v) is 15.1. The molecule has 0 aliphatic rings. The van der Waals surface area contributed by atoms with Gasteiger partial charge in [-0.3, -0.25) is 0 Å². The number of hydrogen-bond donors (Lipinski definition) is 1. The standard InChI is InChI=1S/C18H16Cl2F2O3/c1-3-4-12-13(10-5-7-11(19)8-6-10)9-14(18(20,21)22)15(16(12)23)17(24)25-2/h5-9,23H,3-4H2,1-2H3. The molecular formula is C18H16Cl2F2O3. The molecule has 2 rings (SSSR count). The average Bonchev–Trinajstić information content (AvgIpc) is 2.55. The van der Waals surface area contributed by atoms with Crippen LogP contribution in [-0.4, -0.2) is 18.2 Å². The summed E-state index contributed by atoms with van der Waals surface area (Å²) >= 11 is 11.0. The maximum atomic E-state index is 13.9. The predicted octanol–water partition coefficient (Wildman–Crippen LogP) is 5.74. The first-order valence-corrected chi connectivity index (χ1v) is 8.26. The monoisotopic (exact) mass is 388 g/mol. The van der Waals surface area contributed by atoms with Gasteiger partial charge in [0, 0.05) is 10.6 Å². The molecule has 0 spiro atoms. The number of ether oxygens (including phenoxy) is 1. The summed E-state index contributed by atoms with van der Waals surface area (Å²) in [6, 6.07) is 7.62. The van der Waals surface area contributed by atoms with Crippen molar-refractivity contribution in [2.75, 3.05) is 7.11 Å². The van der Waals surface area contributed by atoms with E-state index in [0.29, 0.717) is 34.6 Å². The molecule has 0 bridgehead atoms. The van der Waals surface area contributed by atoms with E-state index < -0.39 is 28.2 Å². The van der Waals surface area contributed by atoms with Gasteiger partial charge in [-0.15, -0.1) is 0 Å². The third-order valence-corrected chi connectivity index (χ3v) is 4.21. The van der Waals surface area contributed by atoms with Crippen molar-refractivity contribution in [3.8, 4) is 16.9 Å². The summed E-state index contributed by atoms with van der Waals surface area (Å²) in [4.78, 5) is 12.0. The molecule has 134 valence electrons. The quantitative estimate of drug-likeness (QED) is 0.524. The lowest BCUT2D eigenvalue weighted by Crippen LogP contribution is -2.15. The molecule has 25 heavy (non-hydrogen) atoms. The minimum Gasteiger partial charge on any atom is -0.507 e. The van der Waals surface area contributed by atoms with E-state index in [-0.39, 0.29) is 0 Å². The molecule has 2 aromatic carbocycles. The Bertz CT molecular complexity index is 784. The highest BCUT2D eigenvalue weighted by Crippen LogP contribution is 2.44. The molecule has 0 aliphatic heterocycles. The van der Waals surface area contributed by atoms with Gasteiger partial charge < -0.3 is 9.84 Å². The zero-order valence-electron chi connectivity index (χ0n) is 13.6. The molecule has 0 aromatic heterocycles. The Balaban J connectivity index is 2.85. The number of rotatable bonds is 5. The van der Waals surface area contributed by atoms with Gasteiger partial charge in [-0.05, 0) is 47.3 Å². The second-order valence-electron chi connectivity index (χ2n) is 5.42. The van der Waals surface area contributed by atoms with Crippen molar-refractivity contribution in [1.82, 2.24) is 0 Å². The molecule has 0 heterocycles. The number of benzene rings is 2. The first kappa shape index (κ1) is 19.5. The Hall–Kier alpha value is -1.85. The summed E-state index contributed by atoms with van der Waals surface area (Å²) in [6.07, 6.45) is 1.01. The van der Waals surface area contributed by atoms with Crippen LogP contribution in [0.15, 0.2) is 30.3 Å². The van der Waals surface area contributed by atoms with Crippen LogP contribution in [0, 0.1) is 0 Å². The SMILES string of the molecule is CCCc1c(-c2ccc(Cl)cc2)cc(C(F)(F)Cl)c(C(=O)OC)c1O. The van der Waals surface area contributed by atoms with Crippen LogP contribution < -0.4 is 0 Å². The van der Waals surface area contributed by atoms with E-state index in [4.69, 9.17) is 23.2 Å². The predicted molar refractivity (Wildman–Crippen MR) is 93.6 cm³/mol. The Kier molecular flexibility index (Phi) is 5.91. The van der Waals surface area contributed by atoms with Crippen LogP contribution >= 0.6 is 23.2 Å². The third kappa shape index (κ3) is 4.05. The largest absolute Gasteiger partial charge is 0.507 e. The van der Waals surface area contributed by atoms with E-state index in [1.165, 1.54) is 0 Å². The summed E-state index contributed by atoms with van der Waals surface area (Å²) in [7, 11) is 1.05. The van der Waals surface area contributed by atoms with Crippen LogP contribution in [0.3, 0.4) is 0 Å². The average molecular weight is 389 g/mol. The summed E-state index contributed by atoms with van der Waals surface area (Å²) in [5.41, 5.74) is -0.123. The highest BCUT2D eigenvalue weighted by molar-refractivity contribution is 6.30. The van der Waals surface area contributed by atoms with Crippen LogP contribution in [0.4, 0.5) is 8.78 Å².